The van der Waals surface area contributed by atoms with Gasteiger partial charge >= 0.3 is 16.4 Å². The van der Waals surface area contributed by atoms with Crippen molar-refractivity contribution in [3.8, 4) is 0 Å². The Balaban J connectivity index is 0. The molecule has 0 aliphatic rings. The number of aliphatic hydroxyl groups excluding tert-OH is 1. The number of likely N-dealkylation sites (N-methyl/N-ethyl adjacent to an activating group) is 1. The molecule has 0 radical (unpaired) electrons. The van der Waals surface area contributed by atoms with Crippen molar-refractivity contribution in [1.29, 1.82) is 0 Å². The molecule has 0 aromatic rings. The zero-order chi connectivity index (χ0) is 25.5. The first-order valence-electron chi connectivity index (χ1n) is 12.2. The third kappa shape index (κ3) is 25.4. The predicted molar refractivity (Wildman–Crippen MR) is 130 cm³/mol. The lowest BCUT2D eigenvalue weighted by molar-refractivity contribution is -0.147. The van der Waals surface area contributed by atoms with E-state index in [2.05, 4.69) is 11.1 Å². The summed E-state index contributed by atoms with van der Waals surface area (Å²) in [6, 6.07) is 0. The summed E-state index contributed by atoms with van der Waals surface area (Å²) in [4.78, 5) is 25.2. The van der Waals surface area contributed by atoms with Gasteiger partial charge in [0.1, 0.15) is 11.7 Å². The average molecular weight is 498 g/mol. The van der Waals surface area contributed by atoms with Gasteiger partial charge in [0.15, 0.2) is 0 Å². The molecule has 33 heavy (non-hydrogen) atoms. The van der Waals surface area contributed by atoms with Gasteiger partial charge in [0, 0.05) is 19.5 Å². The highest BCUT2D eigenvalue weighted by Gasteiger charge is 2.26. The maximum absolute atomic E-state index is 12.2. The molecule has 0 aromatic carbocycles. The van der Waals surface area contributed by atoms with Crippen LogP contribution in [0.1, 0.15) is 96.8 Å². The molecule has 0 rings (SSSR count). The number of carbonyl (C=O) groups excluding carboxylic acids is 1. The smallest absolute Gasteiger partial charge is 0.397 e. The maximum atomic E-state index is 12.2. The summed E-state index contributed by atoms with van der Waals surface area (Å²) in [6.07, 6.45) is 16.6. The van der Waals surface area contributed by atoms with Crippen LogP contribution in [0.4, 0.5) is 0 Å². The Morgan fingerprint density at radius 3 is 1.61 bits per heavy atom. The Kier molecular flexibility index (Phi) is 23.5. The van der Waals surface area contributed by atoms with Gasteiger partial charge in [0.25, 0.3) is 0 Å². The van der Waals surface area contributed by atoms with Gasteiger partial charge in [0.2, 0.25) is 0 Å². The number of carboxylic acid groups (broad SMARTS) is 1. The van der Waals surface area contributed by atoms with Gasteiger partial charge in [-0.25, -0.2) is 0 Å². The van der Waals surface area contributed by atoms with Crippen molar-refractivity contribution in [2.45, 2.75) is 96.8 Å². The summed E-state index contributed by atoms with van der Waals surface area (Å²) in [5.41, 5.74) is 0. The van der Waals surface area contributed by atoms with E-state index >= 15 is 0 Å². The average Bonchev–Trinajstić information content (AvgIpc) is 2.75. The molecular formula is C23H47NO8S. The second kappa shape index (κ2) is 22.7. The van der Waals surface area contributed by atoms with Crippen LogP contribution in [0.5, 0.6) is 0 Å². The number of carbonyl (C=O) groups is 2. The molecule has 0 bridgehead atoms. The standard InChI is InChI=1S/C22H43NO4.CH4O4S/c1-3-4-5-6-7-8-9-10-11-12-13-14-15-16-21(25)20(22(26)27)19-23(2)17-18-24;1-5-6(2,3)4/h20,24H,3-19H2,1-2H3,(H,26,27);1H3,(H,2,3,4). The van der Waals surface area contributed by atoms with E-state index in [0.717, 1.165) is 26.4 Å². The van der Waals surface area contributed by atoms with Gasteiger partial charge < -0.3 is 15.1 Å². The summed E-state index contributed by atoms with van der Waals surface area (Å²) in [7, 11) is -1.56. The van der Waals surface area contributed by atoms with Crippen LogP contribution in [-0.4, -0.2) is 73.7 Å². The van der Waals surface area contributed by atoms with Gasteiger partial charge in [-0.15, -0.1) is 0 Å². The van der Waals surface area contributed by atoms with Crippen LogP contribution in [-0.2, 0) is 24.2 Å². The Labute approximate surface area is 200 Å². The molecule has 0 aromatic heterocycles. The van der Waals surface area contributed by atoms with Crippen molar-refractivity contribution in [1.82, 2.24) is 4.90 Å². The molecule has 3 N–H and O–H groups in total. The van der Waals surface area contributed by atoms with E-state index in [4.69, 9.17) is 9.66 Å². The number of hydrogen-bond donors (Lipinski definition) is 3. The topological polar surface area (TPSA) is 141 Å². The van der Waals surface area contributed by atoms with Gasteiger partial charge in [-0.1, -0.05) is 84.0 Å². The fourth-order valence-corrected chi connectivity index (χ4v) is 3.38. The van der Waals surface area contributed by atoms with E-state index < -0.39 is 22.3 Å². The van der Waals surface area contributed by atoms with Gasteiger partial charge in [-0.05, 0) is 13.5 Å². The minimum absolute atomic E-state index is 0.0319. The number of rotatable bonds is 21. The quantitative estimate of drug-likeness (QED) is 0.121. The molecule has 0 aliphatic carbocycles. The lowest BCUT2D eigenvalue weighted by Crippen LogP contribution is -2.36. The van der Waals surface area contributed by atoms with Crippen LogP contribution < -0.4 is 0 Å². The van der Waals surface area contributed by atoms with Crippen LogP contribution in [0.15, 0.2) is 0 Å². The van der Waals surface area contributed by atoms with Crippen LogP contribution in [0.25, 0.3) is 0 Å². The molecule has 0 fully saturated rings. The summed E-state index contributed by atoms with van der Waals surface area (Å²) in [5.74, 6) is -2.21. The second-order valence-electron chi connectivity index (χ2n) is 8.43. The number of aliphatic hydroxyl groups is 1. The van der Waals surface area contributed by atoms with Crippen molar-refractivity contribution >= 4 is 22.2 Å². The highest BCUT2D eigenvalue weighted by Crippen LogP contribution is 2.14. The van der Waals surface area contributed by atoms with Crippen molar-refractivity contribution in [2.24, 2.45) is 5.92 Å². The van der Waals surface area contributed by atoms with Crippen LogP contribution in [0.2, 0.25) is 0 Å². The minimum Gasteiger partial charge on any atom is -0.481 e. The molecule has 10 heteroatoms. The Hall–Kier alpha value is -1.07. The third-order valence-corrected chi connectivity index (χ3v) is 5.82. The van der Waals surface area contributed by atoms with Crippen LogP contribution in [0.3, 0.4) is 0 Å². The molecule has 0 saturated carbocycles. The molecule has 0 aliphatic heterocycles. The number of unbranched alkanes of at least 4 members (excludes halogenated alkanes) is 12. The molecular weight excluding hydrogens is 450 g/mol. The third-order valence-electron chi connectivity index (χ3n) is 5.40. The molecule has 1 unspecified atom stereocenters. The predicted octanol–water partition coefficient (Wildman–Crippen LogP) is 4.10. The summed E-state index contributed by atoms with van der Waals surface area (Å²) >= 11 is 0. The number of nitrogens with zero attached hydrogens (tertiary/aromatic N) is 1. The van der Waals surface area contributed by atoms with E-state index in [1.807, 2.05) is 0 Å². The Morgan fingerprint density at radius 2 is 1.27 bits per heavy atom. The van der Waals surface area contributed by atoms with Crippen LogP contribution >= 0.6 is 0 Å². The molecule has 198 valence electrons. The van der Waals surface area contributed by atoms with E-state index in [-0.39, 0.29) is 18.9 Å². The molecule has 0 spiro atoms. The SMILES string of the molecule is CCCCCCCCCCCCCCCC(=O)C(CN(C)CCO)C(=O)O.COS(=O)(=O)O. The first kappa shape index (κ1) is 34.1. The van der Waals surface area contributed by atoms with E-state index in [9.17, 15) is 23.1 Å². The number of carboxylic acids is 1. The highest BCUT2D eigenvalue weighted by molar-refractivity contribution is 7.80. The van der Waals surface area contributed by atoms with E-state index in [0.29, 0.717) is 13.0 Å². The number of hydrogen-bond acceptors (Lipinski definition) is 7. The van der Waals surface area contributed by atoms with Crippen molar-refractivity contribution < 1.29 is 37.0 Å². The number of Topliss-reactive ketones (excluding diaryl/α,β-unsaturated/α-hetero) is 1. The summed E-state index contributed by atoms with van der Waals surface area (Å²) < 4.78 is 29.7. The van der Waals surface area contributed by atoms with Gasteiger partial charge in [0.05, 0.1) is 13.7 Å². The minimum atomic E-state index is -4.16. The monoisotopic (exact) mass is 497 g/mol. The molecule has 9 nitrogen and oxygen atoms in total. The molecule has 0 amide bonds. The first-order chi connectivity index (χ1) is 15.6. The van der Waals surface area contributed by atoms with E-state index in [1.165, 1.54) is 64.2 Å². The van der Waals surface area contributed by atoms with Crippen molar-refractivity contribution in [3.05, 3.63) is 0 Å². The molecule has 1 atom stereocenters. The first-order valence-corrected chi connectivity index (χ1v) is 13.5. The molecule has 0 saturated heterocycles. The Bertz CT molecular complexity index is 583. The fraction of sp³-hybridized carbons (Fsp3) is 0.913. The summed E-state index contributed by atoms with van der Waals surface area (Å²) in [6.45, 7) is 2.77. The van der Waals surface area contributed by atoms with Crippen molar-refractivity contribution in [3.63, 3.8) is 0 Å². The summed E-state index contributed by atoms with van der Waals surface area (Å²) in [5, 5.41) is 18.1. The number of ketones is 1. The zero-order valence-electron chi connectivity index (χ0n) is 20.8. The largest absolute Gasteiger partial charge is 0.481 e. The van der Waals surface area contributed by atoms with E-state index in [1.54, 1.807) is 11.9 Å². The Morgan fingerprint density at radius 1 is 0.879 bits per heavy atom. The van der Waals surface area contributed by atoms with Gasteiger partial charge in [-0.3, -0.25) is 18.3 Å². The van der Waals surface area contributed by atoms with Crippen LogP contribution in [0, 0.1) is 5.92 Å². The maximum Gasteiger partial charge on any atom is 0.397 e. The normalized spacial score (nSPS) is 12.3. The lowest BCUT2D eigenvalue weighted by Gasteiger charge is -2.19. The lowest BCUT2D eigenvalue weighted by atomic mass is 9.98. The zero-order valence-corrected chi connectivity index (χ0v) is 21.7. The highest BCUT2D eigenvalue weighted by atomic mass is 32.3. The van der Waals surface area contributed by atoms with Crippen molar-refractivity contribution in [2.75, 3.05) is 33.9 Å². The molecule has 0 heterocycles. The van der Waals surface area contributed by atoms with Gasteiger partial charge in [-0.2, -0.15) is 8.42 Å². The number of aliphatic carboxylic acids is 1. The second-order valence-corrected chi connectivity index (χ2v) is 9.62. The fourth-order valence-electron chi connectivity index (χ4n) is 3.38.